The van der Waals surface area contributed by atoms with Gasteiger partial charge in [0.05, 0.1) is 0 Å². The molecule has 0 unspecified atom stereocenters. The molecule has 0 aliphatic carbocycles. The fraction of sp³-hybridized carbons (Fsp3) is 0.393. The number of carboxylic acid groups (broad SMARTS) is 1. The van der Waals surface area contributed by atoms with E-state index >= 15 is 0 Å². The summed E-state index contributed by atoms with van der Waals surface area (Å²) in [6.45, 7) is 10.7. The first-order valence-electron chi connectivity index (χ1n) is 11.9. The molecule has 2 aromatic carbocycles. The number of carbonyl (C=O) groups is 3. The van der Waals surface area contributed by atoms with Crippen molar-refractivity contribution in [2.75, 3.05) is 0 Å². The van der Waals surface area contributed by atoms with Gasteiger partial charge in [0, 0.05) is 12.8 Å². The second-order valence-corrected chi connectivity index (χ2v) is 15.2. The number of rotatable bonds is 9. The van der Waals surface area contributed by atoms with Crippen LogP contribution in [0.15, 0.2) is 60.7 Å². The zero-order valence-electron chi connectivity index (χ0n) is 21.6. The molecule has 192 valence electrons. The van der Waals surface area contributed by atoms with Crippen molar-refractivity contribution in [2.45, 2.75) is 70.4 Å². The fourth-order valence-electron chi connectivity index (χ4n) is 3.00. The Labute approximate surface area is 214 Å². The van der Waals surface area contributed by atoms with Gasteiger partial charge in [0.15, 0.2) is 0 Å². The summed E-state index contributed by atoms with van der Waals surface area (Å²) in [6.07, 6.45) is -0.612. The van der Waals surface area contributed by atoms with Gasteiger partial charge in [-0.1, -0.05) is 94.5 Å². The number of hydrogen-bond acceptors (Lipinski definition) is 4. The van der Waals surface area contributed by atoms with Crippen molar-refractivity contribution in [1.82, 2.24) is 10.6 Å². The molecule has 0 bridgehead atoms. The average molecular weight is 509 g/mol. The van der Waals surface area contributed by atoms with Gasteiger partial charge in [-0.25, -0.2) is 9.59 Å². The van der Waals surface area contributed by atoms with Gasteiger partial charge in [-0.3, -0.25) is 4.79 Å². The van der Waals surface area contributed by atoms with Crippen molar-refractivity contribution in [1.29, 1.82) is 0 Å². The minimum absolute atomic E-state index is 0.0237. The summed E-state index contributed by atoms with van der Waals surface area (Å²) in [6, 6.07) is 16.1. The number of benzene rings is 2. The third-order valence-electron chi connectivity index (χ3n) is 6.30. The van der Waals surface area contributed by atoms with Gasteiger partial charge in [-0.05, 0) is 16.2 Å². The highest BCUT2D eigenvalue weighted by atomic mass is 28.3. The van der Waals surface area contributed by atoms with E-state index in [4.69, 9.17) is 4.74 Å². The summed E-state index contributed by atoms with van der Waals surface area (Å²) in [7, 11) is -1.92. The molecule has 0 saturated carbocycles. The van der Waals surface area contributed by atoms with Gasteiger partial charge < -0.3 is 20.5 Å². The van der Waals surface area contributed by atoms with Gasteiger partial charge in [-0.2, -0.15) is 0 Å². The maximum Gasteiger partial charge on any atom is 0.408 e. The van der Waals surface area contributed by atoms with Crippen LogP contribution in [-0.4, -0.2) is 43.2 Å². The van der Waals surface area contributed by atoms with Crippen LogP contribution < -0.4 is 10.6 Å². The second-order valence-electron chi connectivity index (χ2n) is 10.2. The van der Waals surface area contributed by atoms with E-state index in [1.165, 1.54) is 0 Å². The molecule has 0 radical (unpaired) electrons. The van der Waals surface area contributed by atoms with Crippen LogP contribution >= 0.6 is 0 Å². The highest BCUT2D eigenvalue weighted by molar-refractivity contribution is 6.87. The van der Waals surface area contributed by atoms with Gasteiger partial charge in [0.1, 0.15) is 26.8 Å². The molecule has 0 fully saturated rings. The highest BCUT2D eigenvalue weighted by Crippen LogP contribution is 2.35. The predicted molar refractivity (Wildman–Crippen MR) is 143 cm³/mol. The monoisotopic (exact) mass is 508 g/mol. The van der Waals surface area contributed by atoms with Gasteiger partial charge >= 0.3 is 12.1 Å². The van der Waals surface area contributed by atoms with E-state index in [1.807, 2.05) is 60.7 Å². The summed E-state index contributed by atoms with van der Waals surface area (Å²) in [5.74, 6) is 1.19. The Balaban J connectivity index is 2.11. The maximum absolute atomic E-state index is 13.1. The lowest BCUT2D eigenvalue weighted by molar-refractivity contribution is -0.141. The van der Waals surface area contributed by atoms with E-state index in [0.29, 0.717) is 0 Å². The normalized spacial score (nSPS) is 12.9. The average Bonchev–Trinajstić information content (AvgIpc) is 2.82. The SMILES string of the molecule is CC(C)(C)[Si](C)(C)C#CC[C@@H](NC(=O)[C@@H](Cc1ccccc1)NC(=O)OCc1ccccc1)C(=O)O. The molecule has 0 aliphatic rings. The van der Waals surface area contributed by atoms with Crippen molar-refractivity contribution in [3.05, 3.63) is 71.8 Å². The van der Waals surface area contributed by atoms with Crippen molar-refractivity contribution < 1.29 is 24.2 Å². The standard InChI is InChI=1S/C28H36N2O5Si/c1-28(2,3)36(4,5)18-12-17-23(26(32)33)29-25(31)24(19-21-13-8-6-9-14-21)30-27(34)35-20-22-15-10-7-11-16-22/h6-11,13-16,23-24H,17,19-20H2,1-5H3,(H,29,31)(H,30,34)(H,32,33)/t23-,24-/m1/s1. The van der Waals surface area contributed by atoms with Crippen LogP contribution in [0.1, 0.15) is 38.3 Å². The van der Waals surface area contributed by atoms with Crippen LogP contribution in [0.4, 0.5) is 4.79 Å². The van der Waals surface area contributed by atoms with E-state index in [9.17, 15) is 19.5 Å². The van der Waals surface area contributed by atoms with Gasteiger partial charge in [0.2, 0.25) is 5.91 Å². The third kappa shape index (κ3) is 9.23. The number of aliphatic carboxylic acids is 1. The fourth-order valence-corrected chi connectivity index (χ4v) is 3.92. The topological polar surface area (TPSA) is 105 Å². The number of nitrogens with one attached hydrogen (secondary N) is 2. The molecule has 0 heterocycles. The molecule has 2 amide bonds. The van der Waals surface area contributed by atoms with Crippen molar-refractivity contribution >= 4 is 26.0 Å². The molecule has 2 atom stereocenters. The molecule has 2 rings (SSSR count). The van der Waals surface area contributed by atoms with Crippen LogP contribution in [0.3, 0.4) is 0 Å². The van der Waals surface area contributed by atoms with Crippen LogP contribution in [0, 0.1) is 11.5 Å². The van der Waals surface area contributed by atoms with Crippen LogP contribution in [-0.2, 0) is 27.4 Å². The quantitative estimate of drug-likeness (QED) is 0.341. The van der Waals surface area contributed by atoms with E-state index in [2.05, 4.69) is 56.0 Å². The first kappa shape index (κ1) is 28.7. The molecular weight excluding hydrogens is 472 g/mol. The zero-order chi connectivity index (χ0) is 26.8. The van der Waals surface area contributed by atoms with E-state index in [0.717, 1.165) is 11.1 Å². The summed E-state index contributed by atoms with van der Waals surface area (Å²) < 4.78 is 5.27. The molecule has 0 saturated heterocycles. The number of alkyl carbamates (subject to hydrolysis) is 1. The zero-order valence-corrected chi connectivity index (χ0v) is 22.6. The predicted octanol–water partition coefficient (Wildman–Crippen LogP) is 4.53. The van der Waals surface area contributed by atoms with Crippen LogP contribution in [0.5, 0.6) is 0 Å². The lowest BCUT2D eigenvalue weighted by Crippen LogP contribution is -2.52. The first-order chi connectivity index (χ1) is 16.9. The molecular formula is C28H36N2O5Si. The summed E-state index contributed by atoms with van der Waals surface area (Å²) >= 11 is 0. The number of carboxylic acids is 1. The van der Waals surface area contributed by atoms with E-state index < -0.39 is 38.1 Å². The highest BCUT2D eigenvalue weighted by Gasteiger charge is 2.34. The van der Waals surface area contributed by atoms with Crippen molar-refractivity contribution in [2.24, 2.45) is 0 Å². The Morgan fingerprint density at radius 1 is 0.917 bits per heavy atom. The number of carbonyl (C=O) groups excluding carboxylic acids is 2. The minimum Gasteiger partial charge on any atom is -0.480 e. The molecule has 36 heavy (non-hydrogen) atoms. The van der Waals surface area contributed by atoms with Crippen molar-refractivity contribution in [3.63, 3.8) is 0 Å². The first-order valence-corrected chi connectivity index (χ1v) is 14.9. The molecule has 8 heteroatoms. The number of ether oxygens (including phenoxy) is 1. The Morgan fingerprint density at radius 2 is 1.47 bits per heavy atom. The minimum atomic E-state index is -1.92. The second kappa shape index (κ2) is 12.9. The lowest BCUT2D eigenvalue weighted by Gasteiger charge is -2.31. The Kier molecular flexibility index (Phi) is 10.3. The molecule has 0 aliphatic heterocycles. The van der Waals surface area contributed by atoms with E-state index in [1.54, 1.807) is 0 Å². The molecule has 3 N–H and O–H groups in total. The molecule has 2 aromatic rings. The van der Waals surface area contributed by atoms with Gasteiger partial charge in [-0.15, -0.1) is 11.5 Å². The number of amides is 2. The molecule has 0 aromatic heterocycles. The molecule has 7 nitrogen and oxygen atoms in total. The summed E-state index contributed by atoms with van der Waals surface area (Å²) in [5, 5.41) is 14.9. The lowest BCUT2D eigenvalue weighted by atomic mass is 10.0. The van der Waals surface area contributed by atoms with Gasteiger partial charge in [0.25, 0.3) is 0 Å². The molecule has 0 spiro atoms. The summed E-state index contributed by atoms with van der Waals surface area (Å²) in [4.78, 5) is 37.4. The van der Waals surface area contributed by atoms with Crippen molar-refractivity contribution in [3.8, 4) is 11.5 Å². The van der Waals surface area contributed by atoms with E-state index in [-0.39, 0.29) is 24.5 Å². The largest absolute Gasteiger partial charge is 0.480 e. The smallest absolute Gasteiger partial charge is 0.408 e. The Morgan fingerprint density at radius 3 is 2.00 bits per heavy atom. The number of hydrogen-bond donors (Lipinski definition) is 3. The Bertz CT molecular complexity index is 1090. The Hall–Kier alpha value is -3.57. The maximum atomic E-state index is 13.1. The van der Waals surface area contributed by atoms with Crippen LogP contribution in [0.25, 0.3) is 0 Å². The summed E-state index contributed by atoms with van der Waals surface area (Å²) in [5.41, 5.74) is 4.89. The third-order valence-corrected chi connectivity index (χ3v) is 10.9. The van der Waals surface area contributed by atoms with Crippen LogP contribution in [0.2, 0.25) is 18.1 Å².